The number of rotatable bonds is 4. The maximum atomic E-state index is 12.4. The van der Waals surface area contributed by atoms with Crippen molar-refractivity contribution >= 4 is 40.2 Å². The molecule has 0 atom stereocenters. The van der Waals surface area contributed by atoms with E-state index >= 15 is 0 Å². The molecule has 3 rings (SSSR count). The van der Waals surface area contributed by atoms with Gasteiger partial charge in [-0.25, -0.2) is 9.78 Å². The highest BCUT2D eigenvalue weighted by Crippen LogP contribution is 2.26. The Bertz CT molecular complexity index is 881. The maximum absolute atomic E-state index is 12.4. The highest BCUT2D eigenvalue weighted by atomic mass is 32.1. The van der Waals surface area contributed by atoms with Gasteiger partial charge in [0.05, 0.1) is 12.8 Å². The number of amides is 1. The number of anilines is 1. The number of thiophene rings is 1. The zero-order chi connectivity index (χ0) is 17.1. The summed E-state index contributed by atoms with van der Waals surface area (Å²) in [6.07, 6.45) is 0. The number of ether oxygens (including phenoxy) is 1. The van der Waals surface area contributed by atoms with Crippen LogP contribution in [0.1, 0.15) is 25.7 Å². The van der Waals surface area contributed by atoms with Gasteiger partial charge in [0, 0.05) is 10.9 Å². The molecule has 0 fully saturated rings. The zero-order valence-corrected chi connectivity index (χ0v) is 14.7. The summed E-state index contributed by atoms with van der Waals surface area (Å²) in [6.45, 7) is 2.02. The molecule has 0 aliphatic heterocycles. The standard InChI is InChI=1S/C17H14N2O3S2/c1-10-3-5-11(6-4-10)16-19-13(9-24-16)15(20)18-12-7-8-23-14(12)17(21)22-2/h3-9H,1-2H3,(H,18,20). The van der Waals surface area contributed by atoms with Crippen molar-refractivity contribution in [2.24, 2.45) is 0 Å². The Labute approximate surface area is 146 Å². The third-order valence-electron chi connectivity index (χ3n) is 3.32. The van der Waals surface area contributed by atoms with E-state index in [2.05, 4.69) is 10.3 Å². The Hall–Kier alpha value is -2.51. The molecular weight excluding hydrogens is 344 g/mol. The van der Waals surface area contributed by atoms with Crippen molar-refractivity contribution < 1.29 is 14.3 Å². The van der Waals surface area contributed by atoms with Crippen molar-refractivity contribution in [2.45, 2.75) is 6.92 Å². The molecule has 5 nitrogen and oxygen atoms in total. The molecule has 122 valence electrons. The number of esters is 1. The zero-order valence-electron chi connectivity index (χ0n) is 13.0. The fraction of sp³-hybridized carbons (Fsp3) is 0.118. The molecule has 1 N–H and O–H groups in total. The predicted molar refractivity (Wildman–Crippen MR) is 95.9 cm³/mol. The lowest BCUT2D eigenvalue weighted by Crippen LogP contribution is -2.14. The number of carbonyl (C=O) groups is 2. The topological polar surface area (TPSA) is 68.3 Å². The Morgan fingerprint density at radius 1 is 1.12 bits per heavy atom. The molecule has 0 unspecified atom stereocenters. The molecule has 1 amide bonds. The third-order valence-corrected chi connectivity index (χ3v) is 5.11. The van der Waals surface area contributed by atoms with E-state index in [4.69, 9.17) is 4.74 Å². The summed E-state index contributed by atoms with van der Waals surface area (Å²) in [6, 6.07) is 9.63. The molecule has 0 aliphatic carbocycles. The van der Waals surface area contributed by atoms with Crippen LogP contribution >= 0.6 is 22.7 Å². The molecule has 7 heteroatoms. The minimum absolute atomic E-state index is 0.317. The molecule has 0 bridgehead atoms. The molecule has 2 aromatic heterocycles. The predicted octanol–water partition coefficient (Wildman–Crippen LogP) is 4.22. The minimum atomic E-state index is -0.473. The fourth-order valence-corrected chi connectivity index (χ4v) is 3.62. The summed E-state index contributed by atoms with van der Waals surface area (Å²) in [5.74, 6) is -0.827. The van der Waals surface area contributed by atoms with Gasteiger partial charge in [-0.15, -0.1) is 22.7 Å². The van der Waals surface area contributed by atoms with Gasteiger partial charge in [0.15, 0.2) is 0 Å². The summed E-state index contributed by atoms with van der Waals surface area (Å²) in [5, 5.41) is 6.91. The SMILES string of the molecule is COC(=O)c1sccc1NC(=O)c1csc(-c2ccc(C)cc2)n1. The van der Waals surface area contributed by atoms with Crippen LogP contribution < -0.4 is 5.32 Å². The Kier molecular flexibility index (Phi) is 4.73. The van der Waals surface area contributed by atoms with Crippen LogP contribution in [-0.4, -0.2) is 24.0 Å². The number of nitrogens with one attached hydrogen (secondary N) is 1. The second-order valence-corrected chi connectivity index (χ2v) is 6.79. The van der Waals surface area contributed by atoms with Crippen molar-refractivity contribution in [3.63, 3.8) is 0 Å². The average Bonchev–Trinajstić information content (AvgIpc) is 3.24. The van der Waals surface area contributed by atoms with Gasteiger partial charge in [0.2, 0.25) is 0 Å². The monoisotopic (exact) mass is 358 g/mol. The molecule has 3 aromatic rings. The van der Waals surface area contributed by atoms with E-state index < -0.39 is 5.97 Å². The summed E-state index contributed by atoms with van der Waals surface area (Å²) >= 11 is 2.62. The molecule has 2 heterocycles. The van der Waals surface area contributed by atoms with Crippen molar-refractivity contribution in [1.29, 1.82) is 0 Å². The number of nitrogens with zero attached hydrogens (tertiary/aromatic N) is 1. The van der Waals surface area contributed by atoms with E-state index in [1.54, 1.807) is 16.8 Å². The van der Waals surface area contributed by atoms with Gasteiger partial charge in [-0.05, 0) is 18.4 Å². The number of carbonyl (C=O) groups excluding carboxylic acids is 2. The highest BCUT2D eigenvalue weighted by molar-refractivity contribution is 7.13. The fourth-order valence-electron chi connectivity index (χ4n) is 2.05. The molecule has 0 saturated carbocycles. The summed E-state index contributed by atoms with van der Waals surface area (Å²) in [4.78, 5) is 28.8. The van der Waals surface area contributed by atoms with Crippen molar-refractivity contribution in [3.05, 3.63) is 57.2 Å². The minimum Gasteiger partial charge on any atom is -0.465 e. The van der Waals surface area contributed by atoms with E-state index in [1.165, 1.54) is 35.3 Å². The Balaban J connectivity index is 1.78. The lowest BCUT2D eigenvalue weighted by atomic mass is 10.2. The van der Waals surface area contributed by atoms with Crippen molar-refractivity contribution in [2.75, 3.05) is 12.4 Å². The first-order valence-electron chi connectivity index (χ1n) is 7.08. The number of hydrogen-bond donors (Lipinski definition) is 1. The van der Waals surface area contributed by atoms with Crippen LogP contribution in [0.4, 0.5) is 5.69 Å². The third kappa shape index (κ3) is 3.37. The highest BCUT2D eigenvalue weighted by Gasteiger charge is 2.18. The van der Waals surface area contributed by atoms with Gasteiger partial charge in [-0.3, -0.25) is 4.79 Å². The van der Waals surface area contributed by atoms with E-state index in [0.717, 1.165) is 10.6 Å². The Morgan fingerprint density at radius 3 is 2.58 bits per heavy atom. The van der Waals surface area contributed by atoms with Gasteiger partial charge >= 0.3 is 5.97 Å². The van der Waals surface area contributed by atoms with Crippen molar-refractivity contribution in [1.82, 2.24) is 4.98 Å². The largest absolute Gasteiger partial charge is 0.465 e. The molecule has 0 radical (unpaired) electrons. The number of methoxy groups -OCH3 is 1. The van der Waals surface area contributed by atoms with E-state index in [1.807, 2.05) is 31.2 Å². The molecule has 24 heavy (non-hydrogen) atoms. The quantitative estimate of drug-likeness (QED) is 0.709. The van der Waals surface area contributed by atoms with Gasteiger partial charge in [0.1, 0.15) is 15.6 Å². The smallest absolute Gasteiger partial charge is 0.350 e. The molecular formula is C17H14N2O3S2. The lowest BCUT2D eigenvalue weighted by Gasteiger charge is -2.03. The van der Waals surface area contributed by atoms with Crippen LogP contribution in [0.5, 0.6) is 0 Å². The van der Waals surface area contributed by atoms with Crippen molar-refractivity contribution in [3.8, 4) is 10.6 Å². The van der Waals surface area contributed by atoms with E-state index in [-0.39, 0.29) is 5.91 Å². The molecule has 0 spiro atoms. The molecule has 0 saturated heterocycles. The number of aryl methyl sites for hydroxylation is 1. The number of thiazole rings is 1. The first kappa shape index (κ1) is 16.4. The average molecular weight is 358 g/mol. The van der Waals surface area contributed by atoms with Gasteiger partial charge in [-0.2, -0.15) is 0 Å². The normalized spacial score (nSPS) is 10.4. The van der Waals surface area contributed by atoms with E-state index in [0.29, 0.717) is 16.3 Å². The van der Waals surface area contributed by atoms with Crippen LogP contribution in [-0.2, 0) is 4.74 Å². The van der Waals surface area contributed by atoms with Crippen LogP contribution in [0.3, 0.4) is 0 Å². The second-order valence-electron chi connectivity index (χ2n) is 5.01. The number of benzene rings is 1. The molecule has 0 aliphatic rings. The second kappa shape index (κ2) is 6.94. The van der Waals surface area contributed by atoms with Gasteiger partial charge in [-0.1, -0.05) is 29.8 Å². The number of hydrogen-bond acceptors (Lipinski definition) is 6. The Morgan fingerprint density at radius 2 is 1.88 bits per heavy atom. The van der Waals surface area contributed by atoms with Crippen LogP contribution in [0.15, 0.2) is 41.1 Å². The van der Waals surface area contributed by atoms with Gasteiger partial charge in [0.25, 0.3) is 5.91 Å². The summed E-state index contributed by atoms with van der Waals surface area (Å²) in [7, 11) is 1.31. The number of aromatic nitrogens is 1. The first-order valence-corrected chi connectivity index (χ1v) is 8.84. The van der Waals surface area contributed by atoms with Gasteiger partial charge < -0.3 is 10.1 Å². The molecule has 1 aromatic carbocycles. The summed E-state index contributed by atoms with van der Waals surface area (Å²) < 4.78 is 4.70. The first-order chi connectivity index (χ1) is 11.6. The van der Waals surface area contributed by atoms with Crippen LogP contribution in [0.25, 0.3) is 10.6 Å². The van der Waals surface area contributed by atoms with E-state index in [9.17, 15) is 9.59 Å². The summed E-state index contributed by atoms with van der Waals surface area (Å²) in [5.41, 5.74) is 2.89. The van der Waals surface area contributed by atoms with Crippen LogP contribution in [0, 0.1) is 6.92 Å². The van der Waals surface area contributed by atoms with Crippen LogP contribution in [0.2, 0.25) is 0 Å². The lowest BCUT2D eigenvalue weighted by molar-refractivity contribution is 0.0607. The maximum Gasteiger partial charge on any atom is 0.350 e.